The van der Waals surface area contributed by atoms with Gasteiger partial charge in [-0.15, -0.1) is 10.2 Å². The highest BCUT2D eigenvalue weighted by Crippen LogP contribution is 2.50. The summed E-state index contributed by atoms with van der Waals surface area (Å²) >= 11 is 0. The molecule has 1 unspecified atom stereocenters. The first-order valence-electron chi connectivity index (χ1n) is 10.3. The van der Waals surface area contributed by atoms with Crippen LogP contribution >= 0.6 is 0 Å². The zero-order valence-corrected chi connectivity index (χ0v) is 16.2. The summed E-state index contributed by atoms with van der Waals surface area (Å²) in [6.07, 6.45) is 9.16. The normalized spacial score (nSPS) is 26.0. The van der Waals surface area contributed by atoms with Crippen LogP contribution in [0.2, 0.25) is 0 Å². The van der Waals surface area contributed by atoms with Crippen LogP contribution in [0.25, 0.3) is 0 Å². The molecule has 2 aromatic rings. The largest absolute Gasteiger partial charge is 0.425 e. The maximum atomic E-state index is 5.92. The van der Waals surface area contributed by atoms with E-state index in [4.69, 9.17) is 4.42 Å². The van der Waals surface area contributed by atoms with Crippen LogP contribution in [0.15, 0.2) is 28.9 Å². The fourth-order valence-electron chi connectivity index (χ4n) is 5.09. The Morgan fingerprint density at radius 3 is 2.70 bits per heavy atom. The maximum Gasteiger partial charge on any atom is 0.221 e. The van der Waals surface area contributed by atoms with Gasteiger partial charge in [-0.1, -0.05) is 6.07 Å². The van der Waals surface area contributed by atoms with Crippen molar-refractivity contribution in [3.8, 4) is 0 Å². The molecule has 1 atom stereocenters. The molecule has 0 amide bonds. The number of likely N-dealkylation sites (tertiary alicyclic amines) is 2. The van der Waals surface area contributed by atoms with Crippen LogP contribution in [-0.2, 0) is 6.54 Å². The molecule has 2 saturated heterocycles. The van der Waals surface area contributed by atoms with Crippen LogP contribution in [0.4, 0.5) is 0 Å². The lowest BCUT2D eigenvalue weighted by molar-refractivity contribution is 0.0866. The second kappa shape index (κ2) is 6.99. The Hall–Kier alpha value is -1.79. The van der Waals surface area contributed by atoms with Crippen LogP contribution in [0.5, 0.6) is 0 Å². The van der Waals surface area contributed by atoms with E-state index in [0.717, 1.165) is 31.4 Å². The Balaban J connectivity index is 1.34. The summed E-state index contributed by atoms with van der Waals surface area (Å²) in [5, 5.41) is 8.55. The zero-order chi connectivity index (χ0) is 18.3. The second-order valence-electron chi connectivity index (χ2n) is 8.85. The summed E-state index contributed by atoms with van der Waals surface area (Å²) in [5.41, 5.74) is 1.54. The molecule has 0 radical (unpaired) electrons. The lowest BCUT2D eigenvalue weighted by atomic mass is 9.70. The smallest absolute Gasteiger partial charge is 0.221 e. The number of aryl methyl sites for hydroxylation is 1. The summed E-state index contributed by atoms with van der Waals surface area (Å²) in [6.45, 7) is 8.68. The summed E-state index contributed by atoms with van der Waals surface area (Å²) in [5.74, 6) is 2.84. The first kappa shape index (κ1) is 17.3. The van der Waals surface area contributed by atoms with Crippen LogP contribution in [-0.4, -0.2) is 57.7 Å². The minimum atomic E-state index is 0.265. The van der Waals surface area contributed by atoms with E-state index < -0.39 is 0 Å². The summed E-state index contributed by atoms with van der Waals surface area (Å²) in [6, 6.07) is 4.19. The van der Waals surface area contributed by atoms with E-state index in [1.54, 1.807) is 0 Å². The van der Waals surface area contributed by atoms with Crippen LogP contribution in [0.1, 0.15) is 48.9 Å². The van der Waals surface area contributed by atoms with Gasteiger partial charge < -0.3 is 9.32 Å². The summed E-state index contributed by atoms with van der Waals surface area (Å²) in [7, 11) is 0. The Kier molecular flexibility index (Phi) is 4.48. The predicted molar refractivity (Wildman–Crippen MR) is 102 cm³/mol. The van der Waals surface area contributed by atoms with E-state index in [2.05, 4.69) is 31.0 Å². The van der Waals surface area contributed by atoms with Crippen molar-refractivity contribution in [2.45, 2.75) is 45.1 Å². The fourth-order valence-corrected chi connectivity index (χ4v) is 5.09. The number of piperidine rings is 1. The quantitative estimate of drug-likeness (QED) is 0.810. The van der Waals surface area contributed by atoms with Crippen molar-refractivity contribution >= 4 is 0 Å². The lowest BCUT2D eigenvalue weighted by Crippen LogP contribution is -2.44. The molecule has 1 saturated carbocycles. The van der Waals surface area contributed by atoms with E-state index >= 15 is 0 Å². The molecule has 5 rings (SSSR count). The molecule has 0 N–H and O–H groups in total. The highest BCUT2D eigenvalue weighted by Gasteiger charge is 2.50. The molecule has 4 heterocycles. The molecule has 27 heavy (non-hydrogen) atoms. The van der Waals surface area contributed by atoms with Crippen molar-refractivity contribution in [1.29, 1.82) is 0 Å². The maximum absolute atomic E-state index is 5.92. The van der Waals surface area contributed by atoms with Gasteiger partial charge in [-0.05, 0) is 61.7 Å². The van der Waals surface area contributed by atoms with E-state index in [1.807, 2.05) is 25.4 Å². The first-order chi connectivity index (χ1) is 13.2. The van der Waals surface area contributed by atoms with Gasteiger partial charge in [0.1, 0.15) is 0 Å². The lowest BCUT2D eigenvalue weighted by Gasteiger charge is -2.42. The fraction of sp³-hybridized carbons (Fsp3) is 0.667. The average Bonchev–Trinajstić information content (AvgIpc) is 3.29. The third-order valence-electron chi connectivity index (χ3n) is 6.75. The van der Waals surface area contributed by atoms with Crippen molar-refractivity contribution in [2.75, 3.05) is 32.7 Å². The van der Waals surface area contributed by atoms with Gasteiger partial charge in [0, 0.05) is 45.5 Å². The topological polar surface area (TPSA) is 58.3 Å². The van der Waals surface area contributed by atoms with Crippen LogP contribution in [0, 0.1) is 18.3 Å². The molecule has 3 aliphatic rings. The van der Waals surface area contributed by atoms with Gasteiger partial charge in [0.2, 0.25) is 11.8 Å². The minimum absolute atomic E-state index is 0.265. The molecule has 6 heteroatoms. The van der Waals surface area contributed by atoms with Crippen molar-refractivity contribution in [2.24, 2.45) is 11.3 Å². The number of hydrogen-bond donors (Lipinski definition) is 0. The molecular formula is C21H29N5O. The van der Waals surface area contributed by atoms with Gasteiger partial charge >= 0.3 is 0 Å². The highest BCUT2D eigenvalue weighted by atomic mass is 16.4. The molecular weight excluding hydrogens is 338 g/mol. The predicted octanol–water partition coefficient (Wildman–Crippen LogP) is 2.86. The molecule has 6 nitrogen and oxygen atoms in total. The monoisotopic (exact) mass is 367 g/mol. The molecule has 3 fully saturated rings. The van der Waals surface area contributed by atoms with Crippen LogP contribution in [0.3, 0.4) is 0 Å². The number of nitrogens with zero attached hydrogens (tertiary/aromatic N) is 5. The van der Waals surface area contributed by atoms with Crippen molar-refractivity contribution in [3.05, 3.63) is 41.9 Å². The van der Waals surface area contributed by atoms with Gasteiger partial charge in [0.25, 0.3) is 0 Å². The van der Waals surface area contributed by atoms with Gasteiger partial charge in [-0.2, -0.15) is 0 Å². The number of aromatic nitrogens is 3. The van der Waals surface area contributed by atoms with Crippen LogP contribution < -0.4 is 0 Å². The zero-order valence-electron chi connectivity index (χ0n) is 16.2. The van der Waals surface area contributed by atoms with Gasteiger partial charge in [-0.3, -0.25) is 9.88 Å². The third kappa shape index (κ3) is 3.65. The average molecular weight is 367 g/mol. The number of hydrogen-bond acceptors (Lipinski definition) is 6. The molecule has 144 valence electrons. The van der Waals surface area contributed by atoms with Gasteiger partial charge in [0.05, 0.1) is 5.92 Å². The minimum Gasteiger partial charge on any atom is -0.425 e. The molecule has 2 aliphatic heterocycles. The number of pyridine rings is 1. The van der Waals surface area contributed by atoms with Gasteiger partial charge in [-0.25, -0.2) is 0 Å². The Bertz CT molecular complexity index is 764. The van der Waals surface area contributed by atoms with E-state index in [9.17, 15) is 0 Å². The molecule has 1 spiro atoms. The summed E-state index contributed by atoms with van der Waals surface area (Å²) < 4.78 is 5.92. The first-order valence-corrected chi connectivity index (χ1v) is 10.3. The molecule has 2 aromatic heterocycles. The van der Waals surface area contributed by atoms with Crippen molar-refractivity contribution in [3.63, 3.8) is 0 Å². The third-order valence-corrected chi connectivity index (χ3v) is 6.75. The van der Waals surface area contributed by atoms with Crippen molar-refractivity contribution < 1.29 is 4.42 Å². The number of rotatable bonds is 5. The highest BCUT2D eigenvalue weighted by molar-refractivity contribution is 5.14. The summed E-state index contributed by atoms with van der Waals surface area (Å²) in [4.78, 5) is 9.53. The van der Waals surface area contributed by atoms with Gasteiger partial charge in [0.15, 0.2) is 0 Å². The molecule has 1 aliphatic carbocycles. The van der Waals surface area contributed by atoms with E-state index in [-0.39, 0.29) is 5.41 Å². The Morgan fingerprint density at radius 2 is 2.04 bits per heavy atom. The van der Waals surface area contributed by atoms with Crippen molar-refractivity contribution in [1.82, 2.24) is 25.0 Å². The standard InChI is InChI=1S/C21H29N5O/c1-16-23-24-20(27-16)19-14-26(13-18-3-2-8-22-11-18)15-21(19)6-9-25(10-7-21)12-17-4-5-17/h2-3,8,11,17,19H,4-7,9-10,12-15H2,1H3. The van der Waals surface area contributed by atoms with E-state index in [1.165, 1.54) is 50.9 Å². The Labute approximate surface area is 161 Å². The Morgan fingerprint density at radius 1 is 1.19 bits per heavy atom. The SMILES string of the molecule is Cc1nnc(C2CN(Cc3cccnc3)CC23CCN(CC2CC2)CC3)o1. The molecule has 0 aromatic carbocycles. The second-order valence-corrected chi connectivity index (χ2v) is 8.85. The van der Waals surface area contributed by atoms with E-state index in [0.29, 0.717) is 11.8 Å². The molecule has 0 bridgehead atoms.